The van der Waals surface area contributed by atoms with Crippen molar-refractivity contribution in [1.29, 1.82) is 0 Å². The molecule has 0 saturated carbocycles. The third kappa shape index (κ3) is 2.87. The lowest BCUT2D eigenvalue weighted by Crippen LogP contribution is -2.41. The number of carbonyl (C=O) groups excluding carboxylic acids is 1. The van der Waals surface area contributed by atoms with Gasteiger partial charge in [0.05, 0.1) is 24.5 Å². The molecular weight excluding hydrogens is 264 g/mol. The summed E-state index contributed by atoms with van der Waals surface area (Å²) in [7, 11) is 0. The van der Waals surface area contributed by atoms with Gasteiger partial charge in [-0.1, -0.05) is 11.8 Å². The van der Waals surface area contributed by atoms with Crippen molar-refractivity contribution in [2.75, 3.05) is 32.1 Å². The molecule has 0 bridgehead atoms. The van der Waals surface area contributed by atoms with E-state index in [1.807, 2.05) is 17.0 Å². The molecule has 0 unspecified atom stereocenters. The zero-order valence-electron chi connectivity index (χ0n) is 10.3. The average Bonchev–Trinajstić information content (AvgIpc) is 2.88. The number of carbonyl (C=O) groups is 1. The van der Waals surface area contributed by atoms with Gasteiger partial charge >= 0.3 is 0 Å². The second-order valence-corrected chi connectivity index (χ2v) is 5.16. The van der Waals surface area contributed by atoms with Crippen molar-refractivity contribution >= 4 is 28.8 Å². The zero-order chi connectivity index (χ0) is 13.1. The van der Waals surface area contributed by atoms with E-state index in [9.17, 15) is 4.79 Å². The molecule has 1 fully saturated rings. The number of pyridine rings is 1. The number of amides is 1. The first kappa shape index (κ1) is 12.4. The Morgan fingerprint density at radius 2 is 2.32 bits per heavy atom. The molecule has 1 saturated heterocycles. The molecule has 1 aliphatic rings. The lowest BCUT2D eigenvalue weighted by Gasteiger charge is -2.26. The fourth-order valence-electron chi connectivity index (χ4n) is 1.93. The number of fused-ring (bicyclic) bond motifs is 1. The summed E-state index contributed by atoms with van der Waals surface area (Å²) in [5.41, 5.74) is 1.58. The highest BCUT2D eigenvalue weighted by molar-refractivity contribution is 7.99. The highest BCUT2D eigenvalue weighted by Gasteiger charge is 2.17. The van der Waals surface area contributed by atoms with Crippen molar-refractivity contribution in [2.45, 2.75) is 5.16 Å². The molecule has 6 nitrogen and oxygen atoms in total. The Labute approximate surface area is 114 Å². The minimum atomic E-state index is 0.127. The SMILES string of the molecule is O=C(CSc1nc2ncccc2[nH]1)N1CCOCC1. The van der Waals surface area contributed by atoms with Crippen molar-refractivity contribution in [3.63, 3.8) is 0 Å². The molecule has 2 aromatic rings. The molecule has 100 valence electrons. The van der Waals surface area contributed by atoms with Gasteiger partial charge in [-0.15, -0.1) is 0 Å². The zero-order valence-corrected chi connectivity index (χ0v) is 11.2. The number of ether oxygens (including phenoxy) is 1. The third-order valence-electron chi connectivity index (χ3n) is 2.93. The van der Waals surface area contributed by atoms with E-state index >= 15 is 0 Å². The molecule has 0 radical (unpaired) electrons. The molecule has 19 heavy (non-hydrogen) atoms. The molecule has 0 spiro atoms. The fraction of sp³-hybridized carbons (Fsp3) is 0.417. The van der Waals surface area contributed by atoms with Crippen LogP contribution in [0.5, 0.6) is 0 Å². The molecule has 1 aliphatic heterocycles. The summed E-state index contributed by atoms with van der Waals surface area (Å²) in [6.45, 7) is 2.62. The number of nitrogens with one attached hydrogen (secondary N) is 1. The minimum Gasteiger partial charge on any atom is -0.378 e. The molecule has 3 rings (SSSR count). The maximum absolute atomic E-state index is 12.0. The van der Waals surface area contributed by atoms with E-state index in [2.05, 4.69) is 15.0 Å². The van der Waals surface area contributed by atoms with Gasteiger partial charge in [0.25, 0.3) is 0 Å². The minimum absolute atomic E-state index is 0.127. The summed E-state index contributed by atoms with van der Waals surface area (Å²) >= 11 is 1.41. The summed E-state index contributed by atoms with van der Waals surface area (Å²) in [6, 6.07) is 3.77. The van der Waals surface area contributed by atoms with E-state index in [0.29, 0.717) is 37.7 Å². The van der Waals surface area contributed by atoms with Gasteiger partial charge in [-0.3, -0.25) is 4.79 Å². The predicted octanol–water partition coefficient (Wildman–Crippen LogP) is 0.909. The summed E-state index contributed by atoms with van der Waals surface area (Å²) < 4.78 is 5.23. The highest BCUT2D eigenvalue weighted by Crippen LogP contribution is 2.18. The Balaban J connectivity index is 1.60. The van der Waals surface area contributed by atoms with Gasteiger partial charge < -0.3 is 14.6 Å². The maximum atomic E-state index is 12.0. The summed E-state index contributed by atoms with van der Waals surface area (Å²) in [5, 5.41) is 0.732. The van der Waals surface area contributed by atoms with E-state index in [0.717, 1.165) is 10.7 Å². The van der Waals surface area contributed by atoms with Crippen LogP contribution in [0.3, 0.4) is 0 Å². The number of imidazole rings is 1. The summed E-state index contributed by atoms with van der Waals surface area (Å²) in [4.78, 5) is 25.4. The first-order valence-corrected chi connectivity index (χ1v) is 7.10. The van der Waals surface area contributed by atoms with E-state index in [-0.39, 0.29) is 5.91 Å². The monoisotopic (exact) mass is 278 g/mol. The Hall–Kier alpha value is -1.60. The maximum Gasteiger partial charge on any atom is 0.233 e. The first-order chi connectivity index (χ1) is 9.33. The van der Waals surface area contributed by atoms with Gasteiger partial charge in [-0.25, -0.2) is 9.97 Å². The molecule has 0 atom stereocenters. The Bertz CT molecular complexity index is 547. The third-order valence-corrected chi connectivity index (χ3v) is 3.79. The molecule has 7 heteroatoms. The first-order valence-electron chi connectivity index (χ1n) is 6.12. The number of hydrogen-bond donors (Lipinski definition) is 1. The van der Waals surface area contributed by atoms with Crippen LogP contribution in [-0.4, -0.2) is 57.8 Å². The number of morpholine rings is 1. The van der Waals surface area contributed by atoms with Gasteiger partial charge in [-0.05, 0) is 12.1 Å². The van der Waals surface area contributed by atoms with E-state index in [1.54, 1.807) is 6.20 Å². The standard InChI is InChI=1S/C12H14N4O2S/c17-10(16-4-6-18-7-5-16)8-19-12-14-9-2-1-3-13-11(9)15-12/h1-3H,4-8H2,(H,13,14,15). The van der Waals surface area contributed by atoms with E-state index in [4.69, 9.17) is 4.74 Å². The number of aromatic nitrogens is 3. The smallest absolute Gasteiger partial charge is 0.233 e. The van der Waals surface area contributed by atoms with Gasteiger partial charge in [0, 0.05) is 19.3 Å². The van der Waals surface area contributed by atoms with Gasteiger partial charge in [0.2, 0.25) is 5.91 Å². The topological polar surface area (TPSA) is 71.1 Å². The van der Waals surface area contributed by atoms with Crippen molar-refractivity contribution in [1.82, 2.24) is 19.9 Å². The van der Waals surface area contributed by atoms with Crippen molar-refractivity contribution in [3.8, 4) is 0 Å². The van der Waals surface area contributed by atoms with Crippen LogP contribution >= 0.6 is 11.8 Å². The molecule has 0 aromatic carbocycles. The van der Waals surface area contributed by atoms with Crippen LogP contribution in [0.25, 0.3) is 11.2 Å². The van der Waals surface area contributed by atoms with Gasteiger partial charge in [-0.2, -0.15) is 0 Å². The number of thioether (sulfide) groups is 1. The number of hydrogen-bond acceptors (Lipinski definition) is 5. The van der Waals surface area contributed by atoms with Crippen LogP contribution in [0, 0.1) is 0 Å². The van der Waals surface area contributed by atoms with Gasteiger partial charge in [0.1, 0.15) is 0 Å². The largest absolute Gasteiger partial charge is 0.378 e. The van der Waals surface area contributed by atoms with Crippen LogP contribution in [-0.2, 0) is 9.53 Å². The fourth-order valence-corrected chi connectivity index (χ4v) is 2.70. The second-order valence-electron chi connectivity index (χ2n) is 4.20. The van der Waals surface area contributed by atoms with Crippen molar-refractivity contribution in [2.24, 2.45) is 0 Å². The highest BCUT2D eigenvalue weighted by atomic mass is 32.2. The molecule has 1 amide bonds. The van der Waals surface area contributed by atoms with E-state index in [1.165, 1.54) is 11.8 Å². The molecule has 2 aromatic heterocycles. The van der Waals surface area contributed by atoms with Crippen molar-refractivity contribution < 1.29 is 9.53 Å². The summed E-state index contributed by atoms with van der Waals surface area (Å²) in [6.07, 6.45) is 1.70. The van der Waals surface area contributed by atoms with Crippen LogP contribution < -0.4 is 0 Å². The summed E-state index contributed by atoms with van der Waals surface area (Å²) in [5.74, 6) is 0.515. The molecule has 0 aliphatic carbocycles. The van der Waals surface area contributed by atoms with Crippen LogP contribution in [0.4, 0.5) is 0 Å². The lowest BCUT2D eigenvalue weighted by atomic mass is 10.4. The number of rotatable bonds is 3. The normalized spacial score (nSPS) is 15.9. The quantitative estimate of drug-likeness (QED) is 0.845. The molecule has 3 heterocycles. The number of nitrogens with zero attached hydrogens (tertiary/aromatic N) is 3. The Morgan fingerprint density at radius 1 is 1.47 bits per heavy atom. The predicted molar refractivity (Wildman–Crippen MR) is 72.0 cm³/mol. The van der Waals surface area contributed by atoms with Crippen LogP contribution in [0.15, 0.2) is 23.5 Å². The Kier molecular flexibility index (Phi) is 3.65. The number of H-pyrrole nitrogens is 1. The van der Waals surface area contributed by atoms with E-state index < -0.39 is 0 Å². The average molecular weight is 278 g/mol. The molecule has 1 N–H and O–H groups in total. The van der Waals surface area contributed by atoms with Gasteiger partial charge in [0.15, 0.2) is 10.8 Å². The molecular formula is C12H14N4O2S. The number of aromatic amines is 1. The van der Waals surface area contributed by atoms with Crippen LogP contribution in [0.2, 0.25) is 0 Å². The Morgan fingerprint density at radius 3 is 3.11 bits per heavy atom. The van der Waals surface area contributed by atoms with Crippen LogP contribution in [0.1, 0.15) is 0 Å². The second kappa shape index (κ2) is 5.58. The lowest BCUT2D eigenvalue weighted by molar-refractivity contribution is -0.132. The van der Waals surface area contributed by atoms with Crippen molar-refractivity contribution in [3.05, 3.63) is 18.3 Å².